The first-order chi connectivity index (χ1) is 17.3. The van der Waals surface area contributed by atoms with Crippen LogP contribution in [-0.4, -0.2) is 21.2 Å². The lowest BCUT2D eigenvalue weighted by molar-refractivity contribution is -0.143. The molecule has 0 fully saturated rings. The van der Waals surface area contributed by atoms with Gasteiger partial charge in [-0.15, -0.1) is 0 Å². The van der Waals surface area contributed by atoms with Crippen LogP contribution in [0.15, 0.2) is 76.7 Å². The average molecular weight is 537 g/mol. The van der Waals surface area contributed by atoms with Crippen LogP contribution >= 0.6 is 11.8 Å². The van der Waals surface area contributed by atoms with Gasteiger partial charge in [0.15, 0.2) is 5.16 Å². The number of halogens is 6. The molecule has 0 bridgehead atoms. The van der Waals surface area contributed by atoms with E-state index < -0.39 is 46.4 Å². The van der Waals surface area contributed by atoms with Crippen molar-refractivity contribution in [1.29, 1.82) is 0 Å². The minimum Gasteiger partial charge on any atom is -0.325 e. The fourth-order valence-electron chi connectivity index (χ4n) is 3.48. The highest BCUT2D eigenvalue weighted by molar-refractivity contribution is 7.99. The number of aryl methyl sites for hydroxylation is 1. The van der Waals surface area contributed by atoms with Gasteiger partial charge in [-0.05, 0) is 49.4 Å². The predicted molar refractivity (Wildman–Crippen MR) is 128 cm³/mol. The van der Waals surface area contributed by atoms with Gasteiger partial charge in [0.1, 0.15) is 0 Å². The Balaban J connectivity index is 1.64. The molecule has 192 valence electrons. The Bertz CT molecular complexity index is 1500. The van der Waals surface area contributed by atoms with E-state index in [2.05, 4.69) is 10.3 Å². The highest BCUT2D eigenvalue weighted by atomic mass is 32.2. The number of rotatable bonds is 5. The van der Waals surface area contributed by atoms with Gasteiger partial charge in [0, 0.05) is 5.69 Å². The number of nitrogens with one attached hydrogen (secondary N) is 1. The lowest BCUT2D eigenvalue weighted by Gasteiger charge is -2.15. The smallest absolute Gasteiger partial charge is 0.325 e. The number of nitrogens with zero attached hydrogens (tertiary/aromatic N) is 2. The normalized spacial score (nSPS) is 12.1. The van der Waals surface area contributed by atoms with Crippen molar-refractivity contribution in [3.63, 3.8) is 0 Å². The lowest BCUT2D eigenvalue weighted by atomic mass is 10.1. The minimum atomic E-state index is -5.05. The summed E-state index contributed by atoms with van der Waals surface area (Å²) in [7, 11) is 0. The Kier molecular flexibility index (Phi) is 7.05. The highest BCUT2D eigenvalue weighted by Crippen LogP contribution is 2.37. The van der Waals surface area contributed by atoms with Crippen molar-refractivity contribution >= 4 is 34.3 Å². The number of hydrogen-bond donors (Lipinski definition) is 1. The molecular weight excluding hydrogens is 520 g/mol. The molecule has 0 spiro atoms. The molecule has 0 saturated carbocycles. The first kappa shape index (κ1) is 26.3. The van der Waals surface area contributed by atoms with Crippen molar-refractivity contribution in [3.8, 4) is 5.69 Å². The molecule has 0 atom stereocenters. The highest BCUT2D eigenvalue weighted by Gasteiger charge is 2.37. The molecule has 5 nitrogen and oxygen atoms in total. The third-order valence-electron chi connectivity index (χ3n) is 5.24. The number of hydrogen-bond acceptors (Lipinski definition) is 4. The van der Waals surface area contributed by atoms with Crippen LogP contribution < -0.4 is 10.9 Å². The van der Waals surface area contributed by atoms with Crippen LogP contribution in [0.2, 0.25) is 0 Å². The maximum atomic E-state index is 13.2. The van der Waals surface area contributed by atoms with E-state index in [1.165, 1.54) is 4.57 Å². The summed E-state index contributed by atoms with van der Waals surface area (Å²) in [5.41, 5.74) is -2.36. The number of thioether (sulfide) groups is 1. The van der Waals surface area contributed by atoms with Gasteiger partial charge < -0.3 is 5.32 Å². The van der Waals surface area contributed by atoms with Crippen LogP contribution in [0.1, 0.15) is 16.7 Å². The molecule has 4 rings (SSSR count). The fourth-order valence-corrected chi connectivity index (χ4v) is 4.30. The van der Waals surface area contributed by atoms with Gasteiger partial charge in [0.25, 0.3) is 5.56 Å². The molecule has 0 aliphatic heterocycles. The maximum Gasteiger partial charge on any atom is 0.416 e. The Morgan fingerprint density at radius 3 is 2.11 bits per heavy atom. The molecule has 3 aromatic carbocycles. The third-order valence-corrected chi connectivity index (χ3v) is 6.18. The zero-order chi connectivity index (χ0) is 27.0. The second-order valence-corrected chi connectivity index (χ2v) is 8.96. The first-order valence-corrected chi connectivity index (χ1v) is 11.6. The predicted octanol–water partition coefficient (Wildman–Crippen LogP) is 6.46. The zero-order valence-electron chi connectivity index (χ0n) is 18.9. The van der Waals surface area contributed by atoms with E-state index in [0.717, 1.165) is 17.3 Å². The van der Waals surface area contributed by atoms with Crippen molar-refractivity contribution in [2.75, 3.05) is 11.1 Å². The summed E-state index contributed by atoms with van der Waals surface area (Å²) in [5.74, 6) is -1.32. The summed E-state index contributed by atoms with van der Waals surface area (Å²) in [6.45, 7) is 1.86. The molecule has 0 aliphatic carbocycles. The zero-order valence-corrected chi connectivity index (χ0v) is 19.8. The fraction of sp³-hybridized carbons (Fsp3) is 0.160. The number of fused-ring (bicyclic) bond motifs is 1. The number of carbonyl (C=O) groups is 1. The second kappa shape index (κ2) is 9.92. The van der Waals surface area contributed by atoms with Crippen molar-refractivity contribution < 1.29 is 31.1 Å². The maximum absolute atomic E-state index is 13.2. The molecule has 4 aromatic rings. The Labute approximate surface area is 210 Å². The Morgan fingerprint density at radius 1 is 0.919 bits per heavy atom. The van der Waals surface area contributed by atoms with E-state index in [1.807, 2.05) is 6.92 Å². The van der Waals surface area contributed by atoms with E-state index in [4.69, 9.17) is 0 Å². The van der Waals surface area contributed by atoms with Gasteiger partial charge in [-0.3, -0.25) is 14.2 Å². The molecule has 1 heterocycles. The molecule has 0 saturated heterocycles. The monoisotopic (exact) mass is 537 g/mol. The summed E-state index contributed by atoms with van der Waals surface area (Å²) in [6, 6.07) is 14.3. The average Bonchev–Trinajstić information content (AvgIpc) is 2.82. The Hall–Kier alpha value is -3.80. The van der Waals surface area contributed by atoms with Gasteiger partial charge >= 0.3 is 12.4 Å². The largest absolute Gasteiger partial charge is 0.416 e. The van der Waals surface area contributed by atoms with Crippen LogP contribution in [-0.2, 0) is 17.1 Å². The summed E-state index contributed by atoms with van der Waals surface area (Å²) >= 11 is 0.817. The molecule has 12 heteroatoms. The molecule has 0 aliphatic rings. The van der Waals surface area contributed by atoms with Crippen LogP contribution in [0.3, 0.4) is 0 Å². The molecular formula is C25H17F6N3O2S. The van der Waals surface area contributed by atoms with Crippen molar-refractivity contribution in [2.45, 2.75) is 24.4 Å². The van der Waals surface area contributed by atoms with Crippen molar-refractivity contribution in [1.82, 2.24) is 9.55 Å². The van der Waals surface area contributed by atoms with Gasteiger partial charge in [-0.2, -0.15) is 26.3 Å². The summed E-state index contributed by atoms with van der Waals surface area (Å²) in [4.78, 5) is 30.2. The quantitative estimate of drug-likeness (QED) is 0.180. The number of benzene rings is 3. The number of para-hydroxylation sites is 1. The lowest BCUT2D eigenvalue weighted by Crippen LogP contribution is -2.23. The summed E-state index contributed by atoms with van der Waals surface area (Å²) in [6.07, 6.45) is -10.1. The van der Waals surface area contributed by atoms with Gasteiger partial charge in [-0.25, -0.2) is 4.98 Å². The van der Waals surface area contributed by atoms with Gasteiger partial charge in [0.2, 0.25) is 5.91 Å². The number of alkyl halides is 6. The SMILES string of the molecule is Cc1ccc(-n2c(SCC(=O)Nc3cc(C(F)(F)F)cc(C(F)(F)F)c3)nc3ccccc3c2=O)cc1. The first-order valence-electron chi connectivity index (χ1n) is 10.6. The minimum absolute atomic E-state index is 0.0241. The number of anilines is 1. The summed E-state index contributed by atoms with van der Waals surface area (Å²) in [5, 5.41) is 2.54. The number of amides is 1. The molecule has 1 aromatic heterocycles. The molecule has 1 N–H and O–H groups in total. The molecule has 0 unspecified atom stereocenters. The standard InChI is InChI=1S/C25H17F6N3O2S/c1-14-6-8-18(9-7-14)34-22(36)19-4-2-3-5-20(19)33-23(34)37-13-21(35)32-17-11-15(24(26,27)28)10-16(12-17)25(29,30)31/h2-12H,13H2,1H3,(H,32,35). The molecule has 1 amide bonds. The van der Waals surface area contributed by atoms with Crippen LogP contribution in [0.4, 0.5) is 32.0 Å². The second-order valence-electron chi connectivity index (χ2n) is 8.02. The van der Waals surface area contributed by atoms with Crippen LogP contribution in [0.5, 0.6) is 0 Å². The van der Waals surface area contributed by atoms with E-state index in [9.17, 15) is 35.9 Å². The van der Waals surface area contributed by atoms with E-state index in [0.29, 0.717) is 28.7 Å². The molecule has 0 radical (unpaired) electrons. The van der Waals surface area contributed by atoms with E-state index >= 15 is 0 Å². The molecule has 37 heavy (non-hydrogen) atoms. The summed E-state index contributed by atoms with van der Waals surface area (Å²) < 4.78 is 80.0. The van der Waals surface area contributed by atoms with Crippen molar-refractivity contribution in [3.05, 3.63) is 93.8 Å². The van der Waals surface area contributed by atoms with Crippen LogP contribution in [0, 0.1) is 6.92 Å². The van der Waals surface area contributed by atoms with Crippen molar-refractivity contribution in [2.24, 2.45) is 0 Å². The topological polar surface area (TPSA) is 64.0 Å². The third kappa shape index (κ3) is 5.96. The van der Waals surface area contributed by atoms with Gasteiger partial charge in [-0.1, -0.05) is 41.6 Å². The van der Waals surface area contributed by atoms with E-state index in [-0.39, 0.29) is 11.2 Å². The van der Waals surface area contributed by atoms with Crippen LogP contribution in [0.25, 0.3) is 16.6 Å². The number of aromatic nitrogens is 2. The Morgan fingerprint density at radius 2 is 1.51 bits per heavy atom. The van der Waals surface area contributed by atoms with E-state index in [1.54, 1.807) is 48.5 Å². The van der Waals surface area contributed by atoms with Gasteiger partial charge in [0.05, 0.1) is 33.5 Å². The number of carbonyl (C=O) groups excluding carboxylic acids is 1.